The van der Waals surface area contributed by atoms with Crippen LogP contribution in [-0.2, 0) is 8.85 Å². The minimum absolute atomic E-state index is 0.0533. The Morgan fingerprint density at radius 1 is 1.07 bits per heavy atom. The van der Waals surface area contributed by atoms with Crippen LogP contribution < -0.4 is 11.5 Å². The van der Waals surface area contributed by atoms with Gasteiger partial charge in [0.05, 0.1) is 0 Å². The first kappa shape index (κ1) is 14.1. The molecule has 2 atom stereocenters. The highest BCUT2D eigenvalue weighted by Crippen LogP contribution is 2.17. The van der Waals surface area contributed by atoms with Gasteiger partial charge in [0.1, 0.15) is 0 Å². The van der Waals surface area contributed by atoms with Crippen LogP contribution in [0.1, 0.15) is 34.1 Å². The van der Waals surface area contributed by atoms with Gasteiger partial charge in [0, 0.05) is 24.5 Å². The van der Waals surface area contributed by atoms with Crippen molar-refractivity contribution >= 4 is 8.56 Å². The van der Waals surface area contributed by atoms with E-state index in [-0.39, 0.29) is 11.3 Å². The van der Waals surface area contributed by atoms with Crippen molar-refractivity contribution in [1.82, 2.24) is 0 Å². The van der Waals surface area contributed by atoms with E-state index in [1.807, 2.05) is 27.7 Å². The second kappa shape index (κ2) is 6.52. The van der Waals surface area contributed by atoms with E-state index in [9.17, 15) is 0 Å². The van der Waals surface area contributed by atoms with Crippen LogP contribution >= 0.6 is 0 Å². The summed E-state index contributed by atoms with van der Waals surface area (Å²) in [7, 11) is -2.42. The maximum Gasteiger partial charge on any atom is 0.372 e. The van der Waals surface area contributed by atoms with E-state index in [2.05, 4.69) is 0 Å². The highest BCUT2D eigenvalue weighted by Gasteiger charge is 2.46. The predicted molar refractivity (Wildman–Crippen MR) is 60.9 cm³/mol. The molecule has 0 aromatic heterocycles. The zero-order chi connectivity index (χ0) is 11.2. The molecule has 0 aromatic rings. The zero-order valence-corrected chi connectivity index (χ0v) is 10.7. The molecule has 0 aromatic carbocycles. The first-order valence-corrected chi connectivity index (χ1v) is 7.31. The van der Waals surface area contributed by atoms with Crippen molar-refractivity contribution in [3.05, 3.63) is 0 Å². The maximum absolute atomic E-state index is 6.06. The third-order valence-corrected chi connectivity index (χ3v) is 6.52. The summed E-state index contributed by atoms with van der Waals surface area (Å²) in [6.07, 6.45) is 0.841. The lowest BCUT2D eigenvalue weighted by Crippen LogP contribution is -2.67. The van der Waals surface area contributed by atoms with Gasteiger partial charge in [0.2, 0.25) is 0 Å². The second-order valence-electron chi connectivity index (χ2n) is 3.39. The minimum Gasteiger partial charge on any atom is -0.393 e. The molecular weight excluding hydrogens is 196 g/mol. The van der Waals surface area contributed by atoms with Gasteiger partial charge in [-0.2, -0.15) is 0 Å². The van der Waals surface area contributed by atoms with Crippen LogP contribution in [-0.4, -0.2) is 33.1 Å². The summed E-state index contributed by atoms with van der Waals surface area (Å²) < 4.78 is 11.5. The summed E-state index contributed by atoms with van der Waals surface area (Å²) in [4.78, 5) is 0. The van der Waals surface area contributed by atoms with Gasteiger partial charge in [-0.05, 0) is 27.2 Å². The average Bonchev–Trinajstić information content (AvgIpc) is 2.15. The zero-order valence-electron chi connectivity index (χ0n) is 9.75. The molecule has 0 aliphatic rings. The lowest BCUT2D eigenvalue weighted by atomic mass is 10.5. The van der Waals surface area contributed by atoms with Gasteiger partial charge in [-0.15, -0.1) is 0 Å². The van der Waals surface area contributed by atoms with Gasteiger partial charge in [-0.1, -0.05) is 6.92 Å². The van der Waals surface area contributed by atoms with Crippen LogP contribution in [0.5, 0.6) is 0 Å². The van der Waals surface area contributed by atoms with Crippen molar-refractivity contribution in [3.63, 3.8) is 0 Å². The summed E-state index contributed by atoms with van der Waals surface area (Å²) >= 11 is 0. The van der Waals surface area contributed by atoms with Crippen LogP contribution in [0, 0.1) is 0 Å². The maximum atomic E-state index is 6.06. The molecular formula is C9H24N2O2Si. The Balaban J connectivity index is 4.72. The molecule has 4 N–H and O–H groups in total. The molecule has 14 heavy (non-hydrogen) atoms. The molecule has 0 heterocycles. The molecule has 0 aliphatic heterocycles. The molecule has 0 radical (unpaired) electrons. The largest absolute Gasteiger partial charge is 0.393 e. The van der Waals surface area contributed by atoms with Crippen LogP contribution in [0.2, 0.25) is 0 Å². The highest BCUT2D eigenvalue weighted by atomic mass is 28.4. The summed E-state index contributed by atoms with van der Waals surface area (Å²) in [6, 6.07) is 0. The number of rotatable bonds is 7. The van der Waals surface area contributed by atoms with Crippen LogP contribution in [0.3, 0.4) is 0 Å². The Kier molecular flexibility index (Phi) is 6.55. The van der Waals surface area contributed by atoms with E-state index >= 15 is 0 Å². The average molecular weight is 220 g/mol. The van der Waals surface area contributed by atoms with E-state index in [1.165, 1.54) is 0 Å². The van der Waals surface area contributed by atoms with E-state index in [4.69, 9.17) is 20.3 Å². The third kappa shape index (κ3) is 3.03. The van der Waals surface area contributed by atoms with Crippen molar-refractivity contribution in [3.8, 4) is 0 Å². The number of hydrogen-bond acceptors (Lipinski definition) is 4. The second-order valence-corrected chi connectivity index (χ2v) is 7.06. The molecule has 0 rings (SSSR count). The fourth-order valence-electron chi connectivity index (χ4n) is 1.59. The molecule has 0 fully saturated rings. The predicted octanol–water partition coefficient (Wildman–Crippen LogP) is 0.665. The summed E-state index contributed by atoms with van der Waals surface area (Å²) in [5, 5.41) is 0. The molecule has 0 amide bonds. The summed E-state index contributed by atoms with van der Waals surface area (Å²) in [5.41, 5.74) is 11.9. The van der Waals surface area contributed by atoms with Crippen molar-refractivity contribution in [1.29, 1.82) is 0 Å². The Labute approximate surface area is 88.2 Å². The van der Waals surface area contributed by atoms with Crippen LogP contribution in [0.25, 0.3) is 0 Å². The lowest BCUT2D eigenvalue weighted by Gasteiger charge is -2.37. The van der Waals surface area contributed by atoms with Crippen LogP contribution in [0.4, 0.5) is 0 Å². The van der Waals surface area contributed by atoms with Crippen molar-refractivity contribution in [2.45, 2.75) is 45.4 Å². The first-order valence-electron chi connectivity index (χ1n) is 5.34. The summed E-state index contributed by atoms with van der Waals surface area (Å²) in [6.45, 7) is 9.08. The monoisotopic (exact) mass is 220 g/mol. The Hall–Kier alpha value is 0.0569. The first-order chi connectivity index (χ1) is 6.55. The highest BCUT2D eigenvalue weighted by molar-refractivity contribution is 6.70. The third-order valence-electron chi connectivity index (χ3n) is 2.33. The van der Waals surface area contributed by atoms with E-state index in [0.29, 0.717) is 13.2 Å². The molecule has 0 saturated heterocycles. The Morgan fingerprint density at radius 2 is 1.50 bits per heavy atom. The molecule has 0 bridgehead atoms. The standard InChI is InChI=1S/C9H24N2O2Si/c1-5-9(11)14(8(4)10,12-6-2)13-7-3/h8-9H,5-7,10-11H2,1-4H3. The molecule has 2 unspecified atom stereocenters. The quantitative estimate of drug-likeness (QED) is 0.619. The topological polar surface area (TPSA) is 70.5 Å². The van der Waals surface area contributed by atoms with Gasteiger partial charge in [-0.3, -0.25) is 0 Å². The molecule has 0 saturated carbocycles. The van der Waals surface area contributed by atoms with E-state index in [0.717, 1.165) is 6.42 Å². The van der Waals surface area contributed by atoms with Gasteiger partial charge in [0.25, 0.3) is 0 Å². The lowest BCUT2D eigenvalue weighted by molar-refractivity contribution is 0.164. The van der Waals surface area contributed by atoms with Crippen molar-refractivity contribution < 1.29 is 8.85 Å². The molecule has 0 aliphatic carbocycles. The van der Waals surface area contributed by atoms with E-state index < -0.39 is 8.56 Å². The molecule has 0 spiro atoms. The molecule has 4 nitrogen and oxygen atoms in total. The van der Waals surface area contributed by atoms with Crippen molar-refractivity contribution in [2.75, 3.05) is 13.2 Å². The van der Waals surface area contributed by atoms with Gasteiger partial charge in [0.15, 0.2) is 0 Å². The van der Waals surface area contributed by atoms with E-state index in [1.54, 1.807) is 0 Å². The van der Waals surface area contributed by atoms with Crippen LogP contribution in [0.15, 0.2) is 0 Å². The smallest absolute Gasteiger partial charge is 0.372 e. The number of hydrogen-bond donors (Lipinski definition) is 2. The molecule has 5 heteroatoms. The Bertz CT molecular complexity index is 150. The van der Waals surface area contributed by atoms with Gasteiger partial charge >= 0.3 is 8.56 Å². The fourth-order valence-corrected chi connectivity index (χ4v) is 4.78. The fraction of sp³-hybridized carbons (Fsp3) is 1.00. The Morgan fingerprint density at radius 3 is 1.71 bits per heavy atom. The minimum atomic E-state index is -2.42. The van der Waals surface area contributed by atoms with Crippen molar-refractivity contribution in [2.24, 2.45) is 11.5 Å². The SMILES string of the molecule is CCO[Si](OCC)(C(C)N)C(N)CC. The van der Waals surface area contributed by atoms with Gasteiger partial charge in [-0.25, -0.2) is 0 Å². The molecule has 86 valence electrons. The summed E-state index contributed by atoms with van der Waals surface area (Å²) in [5.74, 6) is 0. The van der Waals surface area contributed by atoms with Gasteiger partial charge < -0.3 is 20.3 Å². The normalized spacial score (nSPS) is 16.7. The number of nitrogens with two attached hydrogens (primary N) is 2.